The van der Waals surface area contributed by atoms with E-state index < -0.39 is 23.1 Å². The number of carbonyl (C=O) groups excluding carboxylic acids is 1. The summed E-state index contributed by atoms with van der Waals surface area (Å²) in [4.78, 5) is 10.8. The van der Waals surface area contributed by atoms with Crippen LogP contribution < -0.4 is 11.5 Å². The van der Waals surface area contributed by atoms with Crippen LogP contribution in [0.2, 0.25) is 0 Å². The summed E-state index contributed by atoms with van der Waals surface area (Å²) in [5, 5.41) is 0. The molecule has 0 saturated carbocycles. The Balaban J connectivity index is 3.68. The molecule has 14 heavy (non-hydrogen) atoms. The molecular weight excluding hydrogens is 258 g/mol. The molecule has 0 unspecified atom stereocenters. The number of hydrogen-bond acceptors (Lipinski definition) is 2. The van der Waals surface area contributed by atoms with Gasteiger partial charge in [-0.3, -0.25) is 4.79 Å². The van der Waals surface area contributed by atoms with Gasteiger partial charge in [0, 0.05) is 0 Å². The zero-order chi connectivity index (χ0) is 11.0. The number of amides is 1. The summed E-state index contributed by atoms with van der Waals surface area (Å²) in [6.45, 7) is 1.45. The van der Waals surface area contributed by atoms with Gasteiger partial charge in [0.2, 0.25) is 0 Å². The van der Waals surface area contributed by atoms with Crippen molar-refractivity contribution in [3.63, 3.8) is 0 Å². The lowest BCUT2D eigenvalue weighted by molar-refractivity contribution is 0.0996. The molecule has 1 rings (SSSR count). The van der Waals surface area contributed by atoms with Gasteiger partial charge in [0.1, 0.15) is 5.56 Å². The zero-order valence-corrected chi connectivity index (χ0v) is 8.78. The number of rotatable bonds is 1. The fraction of sp³-hybridized carbons (Fsp3) is 0.125. The number of nitrogen functional groups attached to an aromatic ring is 1. The maximum atomic E-state index is 13.2. The van der Waals surface area contributed by atoms with Gasteiger partial charge < -0.3 is 11.5 Å². The summed E-state index contributed by atoms with van der Waals surface area (Å²) in [6, 6.07) is 0. The van der Waals surface area contributed by atoms with E-state index in [0.29, 0.717) is 0 Å². The summed E-state index contributed by atoms with van der Waals surface area (Å²) in [7, 11) is 0. The van der Waals surface area contributed by atoms with Crippen molar-refractivity contribution in [1.82, 2.24) is 0 Å². The standard InChI is InChI=1S/C8H7BrF2N2O/c1-2-4(9)6(11)5(10)3(7(2)12)8(13)14/h12H2,1H3,(H2,13,14). The molecule has 0 aliphatic carbocycles. The predicted octanol–water partition coefficient (Wildman–Crippen LogP) is 1.72. The van der Waals surface area contributed by atoms with Gasteiger partial charge in [0.05, 0.1) is 10.2 Å². The largest absolute Gasteiger partial charge is 0.398 e. The summed E-state index contributed by atoms with van der Waals surface area (Å²) >= 11 is 2.82. The Morgan fingerprint density at radius 3 is 2.29 bits per heavy atom. The number of carbonyl (C=O) groups is 1. The Kier molecular flexibility index (Phi) is 2.75. The highest BCUT2D eigenvalue weighted by Crippen LogP contribution is 2.31. The Labute approximate surface area is 87.2 Å². The van der Waals surface area contributed by atoms with Crippen LogP contribution in [0, 0.1) is 18.6 Å². The third kappa shape index (κ3) is 1.45. The van der Waals surface area contributed by atoms with Crippen LogP contribution in [0.5, 0.6) is 0 Å². The molecule has 4 N–H and O–H groups in total. The van der Waals surface area contributed by atoms with E-state index in [1.165, 1.54) is 6.92 Å². The van der Waals surface area contributed by atoms with Gasteiger partial charge in [-0.1, -0.05) is 0 Å². The lowest BCUT2D eigenvalue weighted by atomic mass is 10.1. The van der Waals surface area contributed by atoms with Crippen molar-refractivity contribution in [2.45, 2.75) is 6.92 Å². The van der Waals surface area contributed by atoms with E-state index in [0.717, 1.165) is 0 Å². The Morgan fingerprint density at radius 1 is 1.36 bits per heavy atom. The van der Waals surface area contributed by atoms with E-state index in [9.17, 15) is 13.6 Å². The van der Waals surface area contributed by atoms with E-state index in [4.69, 9.17) is 11.5 Å². The summed E-state index contributed by atoms with van der Waals surface area (Å²) in [5.74, 6) is -3.58. The molecule has 0 atom stereocenters. The predicted molar refractivity (Wildman–Crippen MR) is 51.7 cm³/mol. The molecule has 6 heteroatoms. The second-order valence-corrected chi connectivity index (χ2v) is 3.51. The first kappa shape index (κ1) is 10.9. The topological polar surface area (TPSA) is 69.1 Å². The normalized spacial score (nSPS) is 10.3. The molecule has 1 amide bonds. The Hall–Kier alpha value is -1.17. The van der Waals surface area contributed by atoms with Gasteiger partial charge in [-0.2, -0.15) is 0 Å². The highest BCUT2D eigenvalue weighted by atomic mass is 79.9. The van der Waals surface area contributed by atoms with Gasteiger partial charge >= 0.3 is 0 Å². The Bertz CT molecular complexity index is 391. The fourth-order valence-electron chi connectivity index (χ4n) is 1.04. The lowest BCUT2D eigenvalue weighted by Gasteiger charge is -2.09. The van der Waals surface area contributed by atoms with Crippen LogP contribution >= 0.6 is 15.9 Å². The maximum Gasteiger partial charge on any atom is 0.253 e. The molecule has 3 nitrogen and oxygen atoms in total. The van der Waals surface area contributed by atoms with Gasteiger partial charge in [0.15, 0.2) is 11.6 Å². The molecule has 0 saturated heterocycles. The summed E-state index contributed by atoms with van der Waals surface area (Å²) < 4.78 is 26.2. The smallest absolute Gasteiger partial charge is 0.253 e. The van der Waals surface area contributed by atoms with Crippen molar-refractivity contribution in [3.8, 4) is 0 Å². The van der Waals surface area contributed by atoms with Crippen molar-refractivity contribution in [1.29, 1.82) is 0 Å². The van der Waals surface area contributed by atoms with Crippen molar-refractivity contribution in [2.75, 3.05) is 5.73 Å². The second kappa shape index (κ2) is 3.53. The first-order valence-corrected chi connectivity index (χ1v) is 4.39. The quantitative estimate of drug-likeness (QED) is 0.599. The highest BCUT2D eigenvalue weighted by molar-refractivity contribution is 9.10. The van der Waals surface area contributed by atoms with Crippen LogP contribution in [-0.2, 0) is 0 Å². The molecule has 0 aromatic heterocycles. The molecule has 1 aromatic carbocycles. The minimum absolute atomic E-state index is 0.0995. The molecule has 0 bridgehead atoms. The number of anilines is 1. The van der Waals surface area contributed by atoms with Crippen molar-refractivity contribution in [2.24, 2.45) is 5.73 Å². The monoisotopic (exact) mass is 264 g/mol. The first-order chi connectivity index (χ1) is 6.37. The van der Waals surface area contributed by atoms with Crippen molar-refractivity contribution >= 4 is 27.5 Å². The molecule has 0 aliphatic heterocycles. The van der Waals surface area contributed by atoms with Crippen LogP contribution in [0.4, 0.5) is 14.5 Å². The summed E-state index contributed by atoms with van der Waals surface area (Å²) in [5.41, 5.74) is 9.77. The highest BCUT2D eigenvalue weighted by Gasteiger charge is 2.22. The average Bonchev–Trinajstić information content (AvgIpc) is 2.11. The molecule has 0 aliphatic rings. The number of halogens is 3. The maximum absolute atomic E-state index is 13.2. The Morgan fingerprint density at radius 2 is 1.86 bits per heavy atom. The minimum atomic E-state index is -1.33. The fourth-order valence-corrected chi connectivity index (χ4v) is 1.42. The van der Waals surface area contributed by atoms with Crippen LogP contribution in [0.15, 0.2) is 4.47 Å². The van der Waals surface area contributed by atoms with Crippen LogP contribution in [0.3, 0.4) is 0 Å². The first-order valence-electron chi connectivity index (χ1n) is 3.60. The third-order valence-electron chi connectivity index (χ3n) is 1.85. The van der Waals surface area contributed by atoms with Crippen LogP contribution in [-0.4, -0.2) is 5.91 Å². The third-order valence-corrected chi connectivity index (χ3v) is 2.80. The van der Waals surface area contributed by atoms with Gasteiger partial charge in [0.25, 0.3) is 5.91 Å². The number of benzene rings is 1. The van der Waals surface area contributed by atoms with Gasteiger partial charge in [-0.05, 0) is 28.4 Å². The minimum Gasteiger partial charge on any atom is -0.398 e. The van der Waals surface area contributed by atoms with Crippen LogP contribution in [0.25, 0.3) is 0 Å². The molecule has 0 radical (unpaired) electrons. The van der Waals surface area contributed by atoms with E-state index in [1.54, 1.807) is 0 Å². The molecule has 1 aromatic rings. The number of primary amides is 1. The SMILES string of the molecule is Cc1c(N)c(C(N)=O)c(F)c(F)c1Br. The summed E-state index contributed by atoms with van der Waals surface area (Å²) in [6.07, 6.45) is 0. The zero-order valence-electron chi connectivity index (χ0n) is 7.20. The molecular formula is C8H7BrF2N2O. The number of nitrogens with two attached hydrogens (primary N) is 2. The average molecular weight is 265 g/mol. The van der Waals surface area contributed by atoms with Gasteiger partial charge in [-0.15, -0.1) is 0 Å². The van der Waals surface area contributed by atoms with Crippen LogP contribution in [0.1, 0.15) is 15.9 Å². The molecule has 0 spiro atoms. The molecule has 0 fully saturated rings. The lowest BCUT2D eigenvalue weighted by Crippen LogP contribution is -2.18. The molecule has 76 valence electrons. The van der Waals surface area contributed by atoms with Crippen molar-refractivity contribution in [3.05, 3.63) is 27.2 Å². The van der Waals surface area contributed by atoms with Gasteiger partial charge in [-0.25, -0.2) is 8.78 Å². The molecule has 0 heterocycles. The van der Waals surface area contributed by atoms with Crippen molar-refractivity contribution < 1.29 is 13.6 Å². The van der Waals surface area contributed by atoms with E-state index in [1.807, 2.05) is 0 Å². The van der Waals surface area contributed by atoms with E-state index >= 15 is 0 Å². The van der Waals surface area contributed by atoms with E-state index in [-0.39, 0.29) is 15.7 Å². The van der Waals surface area contributed by atoms with E-state index in [2.05, 4.69) is 15.9 Å². The number of hydrogen-bond donors (Lipinski definition) is 2. The second-order valence-electron chi connectivity index (χ2n) is 2.72.